The average molecular weight is 230 g/mol. The van der Waals surface area contributed by atoms with Crippen LogP contribution in [0.1, 0.15) is 50.7 Å². The molecule has 0 spiro atoms. The number of aliphatic hydroxyl groups is 1. The van der Waals surface area contributed by atoms with Crippen molar-refractivity contribution in [3.63, 3.8) is 0 Å². The fraction of sp³-hybridized carbons (Fsp3) is 0.500. The summed E-state index contributed by atoms with van der Waals surface area (Å²) in [4.78, 5) is 0. The van der Waals surface area contributed by atoms with E-state index in [2.05, 4.69) is 19.1 Å². The summed E-state index contributed by atoms with van der Waals surface area (Å²) in [6, 6.07) is 10.1. The van der Waals surface area contributed by atoms with Crippen molar-refractivity contribution in [2.24, 2.45) is 5.41 Å². The van der Waals surface area contributed by atoms with Gasteiger partial charge in [0.15, 0.2) is 0 Å². The fourth-order valence-corrected chi connectivity index (χ4v) is 2.80. The van der Waals surface area contributed by atoms with Gasteiger partial charge in [-0.1, -0.05) is 62.2 Å². The summed E-state index contributed by atoms with van der Waals surface area (Å²) in [7, 11) is 0. The number of allylic oxidation sites excluding steroid dienone is 1. The summed E-state index contributed by atoms with van der Waals surface area (Å²) in [6.45, 7) is 2.21. The molecule has 1 aliphatic carbocycles. The van der Waals surface area contributed by atoms with Gasteiger partial charge in [0.1, 0.15) is 0 Å². The monoisotopic (exact) mass is 230 g/mol. The molecule has 0 saturated heterocycles. The van der Waals surface area contributed by atoms with Gasteiger partial charge in [-0.2, -0.15) is 0 Å². The zero-order valence-electron chi connectivity index (χ0n) is 10.6. The van der Waals surface area contributed by atoms with Gasteiger partial charge in [0, 0.05) is 5.41 Å². The van der Waals surface area contributed by atoms with Crippen molar-refractivity contribution in [1.29, 1.82) is 0 Å². The lowest BCUT2D eigenvalue weighted by molar-refractivity contribution is 0.0491. The van der Waals surface area contributed by atoms with Gasteiger partial charge in [-0.3, -0.25) is 0 Å². The normalized spacial score (nSPS) is 25.1. The van der Waals surface area contributed by atoms with E-state index in [4.69, 9.17) is 0 Å². The minimum atomic E-state index is -0.353. The van der Waals surface area contributed by atoms with Gasteiger partial charge in [0.2, 0.25) is 0 Å². The summed E-state index contributed by atoms with van der Waals surface area (Å²) in [6.07, 6.45) is 9.79. The van der Waals surface area contributed by atoms with E-state index in [1.807, 2.05) is 30.3 Å². The minimum Gasteiger partial charge on any atom is -0.388 e. The smallest absolute Gasteiger partial charge is 0.0880 e. The zero-order valence-corrected chi connectivity index (χ0v) is 10.6. The molecule has 1 aromatic carbocycles. The number of hydrogen-bond acceptors (Lipinski definition) is 1. The van der Waals surface area contributed by atoms with Crippen LogP contribution in [0.5, 0.6) is 0 Å². The second-order valence-corrected chi connectivity index (χ2v) is 5.09. The van der Waals surface area contributed by atoms with Crippen LogP contribution in [0.3, 0.4) is 0 Å². The van der Waals surface area contributed by atoms with Gasteiger partial charge >= 0.3 is 0 Å². The van der Waals surface area contributed by atoms with Crippen LogP contribution in [0.2, 0.25) is 0 Å². The lowest BCUT2D eigenvalue weighted by Crippen LogP contribution is -2.25. The van der Waals surface area contributed by atoms with Crippen molar-refractivity contribution in [3.05, 3.63) is 48.0 Å². The number of unbranched alkanes of at least 4 members (excludes halogenated alkanes) is 1. The van der Waals surface area contributed by atoms with Crippen molar-refractivity contribution in [2.75, 3.05) is 0 Å². The van der Waals surface area contributed by atoms with Gasteiger partial charge in [-0.25, -0.2) is 0 Å². The predicted molar refractivity (Wildman–Crippen MR) is 71.7 cm³/mol. The highest BCUT2D eigenvalue weighted by Crippen LogP contribution is 2.47. The molecule has 0 heterocycles. The van der Waals surface area contributed by atoms with Crippen molar-refractivity contribution < 1.29 is 5.11 Å². The first-order chi connectivity index (χ1) is 8.28. The Labute approximate surface area is 104 Å². The van der Waals surface area contributed by atoms with Crippen LogP contribution in [-0.2, 0) is 0 Å². The van der Waals surface area contributed by atoms with Crippen LogP contribution in [0, 0.1) is 5.41 Å². The summed E-state index contributed by atoms with van der Waals surface area (Å²) < 4.78 is 0. The van der Waals surface area contributed by atoms with E-state index < -0.39 is 0 Å². The van der Waals surface area contributed by atoms with E-state index in [9.17, 15) is 5.11 Å². The average Bonchev–Trinajstić information content (AvgIpc) is 2.86. The molecule has 0 aromatic heterocycles. The summed E-state index contributed by atoms with van der Waals surface area (Å²) in [5, 5.41) is 10.6. The first-order valence-corrected chi connectivity index (χ1v) is 6.69. The second kappa shape index (κ2) is 5.50. The molecule has 0 saturated carbocycles. The van der Waals surface area contributed by atoms with Gasteiger partial charge in [0.05, 0.1) is 6.10 Å². The van der Waals surface area contributed by atoms with E-state index in [-0.39, 0.29) is 11.5 Å². The number of rotatable bonds is 5. The Balaban J connectivity index is 2.19. The van der Waals surface area contributed by atoms with Gasteiger partial charge in [-0.15, -0.1) is 0 Å². The molecule has 1 nitrogen and oxygen atoms in total. The Morgan fingerprint density at radius 1 is 1.29 bits per heavy atom. The molecule has 2 rings (SSSR count). The van der Waals surface area contributed by atoms with E-state index in [1.54, 1.807) is 0 Å². The largest absolute Gasteiger partial charge is 0.388 e. The maximum Gasteiger partial charge on any atom is 0.0880 e. The van der Waals surface area contributed by atoms with Gasteiger partial charge in [0.25, 0.3) is 0 Å². The molecule has 0 fully saturated rings. The quantitative estimate of drug-likeness (QED) is 0.750. The summed E-state index contributed by atoms with van der Waals surface area (Å²) in [5.74, 6) is 0. The molecule has 0 amide bonds. The molecule has 92 valence electrons. The summed E-state index contributed by atoms with van der Waals surface area (Å²) >= 11 is 0. The first kappa shape index (κ1) is 12.4. The molecule has 1 aliphatic rings. The Hall–Kier alpha value is -1.08. The zero-order chi connectivity index (χ0) is 12.1. The third-order valence-corrected chi connectivity index (χ3v) is 3.88. The van der Waals surface area contributed by atoms with Crippen molar-refractivity contribution in [3.8, 4) is 0 Å². The molecule has 0 radical (unpaired) electrons. The Kier molecular flexibility index (Phi) is 4.01. The van der Waals surface area contributed by atoms with Crippen molar-refractivity contribution in [1.82, 2.24) is 0 Å². The molecule has 1 heteroatoms. The standard InChI is InChI=1S/C16H22O/c1-2-3-11-16(12-7-8-13-16)15(17)14-9-5-4-6-10-14/h4-7,9-10,12,15,17H,2-3,8,11,13H2,1H3/t15-,16+/m1/s1. The van der Waals surface area contributed by atoms with Crippen LogP contribution in [0.4, 0.5) is 0 Å². The van der Waals surface area contributed by atoms with E-state index in [0.29, 0.717) is 0 Å². The molecule has 0 unspecified atom stereocenters. The minimum absolute atomic E-state index is 0.0165. The maximum absolute atomic E-state index is 10.6. The third kappa shape index (κ3) is 2.61. The molecule has 1 N–H and O–H groups in total. The Morgan fingerprint density at radius 2 is 2.06 bits per heavy atom. The topological polar surface area (TPSA) is 20.2 Å². The maximum atomic E-state index is 10.6. The second-order valence-electron chi connectivity index (χ2n) is 5.09. The van der Waals surface area contributed by atoms with E-state index in [0.717, 1.165) is 24.8 Å². The SMILES string of the molecule is CCCC[C@]1([C@H](O)c2ccccc2)C=CCC1. The van der Waals surface area contributed by atoms with Crippen LogP contribution in [0.25, 0.3) is 0 Å². The number of benzene rings is 1. The third-order valence-electron chi connectivity index (χ3n) is 3.88. The molecular formula is C16H22O. The fourth-order valence-electron chi connectivity index (χ4n) is 2.80. The van der Waals surface area contributed by atoms with Gasteiger partial charge < -0.3 is 5.11 Å². The van der Waals surface area contributed by atoms with E-state index in [1.165, 1.54) is 12.8 Å². The molecule has 0 bridgehead atoms. The molecule has 2 atom stereocenters. The van der Waals surface area contributed by atoms with Crippen LogP contribution < -0.4 is 0 Å². The Bertz CT molecular complexity index is 368. The highest BCUT2D eigenvalue weighted by Gasteiger charge is 2.37. The lowest BCUT2D eigenvalue weighted by atomic mass is 9.74. The van der Waals surface area contributed by atoms with Crippen LogP contribution >= 0.6 is 0 Å². The van der Waals surface area contributed by atoms with Crippen LogP contribution in [0.15, 0.2) is 42.5 Å². The van der Waals surface area contributed by atoms with Gasteiger partial charge in [-0.05, 0) is 24.8 Å². The van der Waals surface area contributed by atoms with Crippen LogP contribution in [-0.4, -0.2) is 5.11 Å². The molecular weight excluding hydrogens is 208 g/mol. The predicted octanol–water partition coefficient (Wildman–Crippen LogP) is 4.25. The summed E-state index contributed by atoms with van der Waals surface area (Å²) in [5.41, 5.74) is 1.03. The molecule has 17 heavy (non-hydrogen) atoms. The number of aliphatic hydroxyl groups excluding tert-OH is 1. The number of hydrogen-bond donors (Lipinski definition) is 1. The van der Waals surface area contributed by atoms with Crippen molar-refractivity contribution in [2.45, 2.75) is 45.1 Å². The Morgan fingerprint density at radius 3 is 2.65 bits per heavy atom. The van der Waals surface area contributed by atoms with E-state index >= 15 is 0 Å². The highest BCUT2D eigenvalue weighted by molar-refractivity contribution is 5.24. The van der Waals surface area contributed by atoms with Crippen molar-refractivity contribution >= 4 is 0 Å². The molecule has 1 aromatic rings. The highest BCUT2D eigenvalue weighted by atomic mass is 16.3. The lowest BCUT2D eigenvalue weighted by Gasteiger charge is -2.33. The first-order valence-electron chi connectivity index (χ1n) is 6.69. The molecule has 0 aliphatic heterocycles.